The zero-order chi connectivity index (χ0) is 20.3. The van der Waals surface area contributed by atoms with E-state index in [0.717, 1.165) is 25.0 Å². The summed E-state index contributed by atoms with van der Waals surface area (Å²) in [5, 5.41) is 12.2. The standard InChI is InChI=1S/C19H20F3N3O3/c1-11-16(18(26)27)24-10-25-17(11)23-9-14-6-3-7-15(28-14)12-4-2-5-13(8-12)19(20,21)22/h2,4-5,8,10,14-15H,3,6-7,9H2,1H3,(H,26,27)(H,23,24,25)/t14?,15-/m1/s1. The number of halogens is 3. The Hall–Kier alpha value is -2.68. The fourth-order valence-electron chi connectivity index (χ4n) is 3.26. The topological polar surface area (TPSA) is 84.3 Å². The van der Waals surface area contributed by atoms with Crippen molar-refractivity contribution in [3.8, 4) is 0 Å². The molecule has 2 heterocycles. The number of aromatic nitrogens is 2. The van der Waals surface area contributed by atoms with Crippen LogP contribution in [-0.2, 0) is 10.9 Å². The molecule has 1 aromatic heterocycles. The number of carboxylic acid groups (broad SMARTS) is 1. The number of hydrogen-bond donors (Lipinski definition) is 2. The molecule has 0 saturated carbocycles. The van der Waals surface area contributed by atoms with Gasteiger partial charge in [0.15, 0.2) is 5.69 Å². The molecule has 3 rings (SSSR count). The summed E-state index contributed by atoms with van der Waals surface area (Å²) < 4.78 is 44.8. The van der Waals surface area contributed by atoms with Crippen LogP contribution in [0.5, 0.6) is 0 Å². The maximum atomic E-state index is 12.9. The van der Waals surface area contributed by atoms with Gasteiger partial charge >= 0.3 is 12.1 Å². The number of nitrogens with zero attached hydrogens (tertiary/aromatic N) is 2. The van der Waals surface area contributed by atoms with Gasteiger partial charge in [0.1, 0.15) is 12.1 Å². The molecule has 9 heteroatoms. The number of carboxylic acids is 1. The summed E-state index contributed by atoms with van der Waals surface area (Å²) in [6, 6.07) is 5.21. The van der Waals surface area contributed by atoms with Crippen LogP contribution in [0.1, 0.15) is 52.5 Å². The molecular formula is C19H20F3N3O3. The van der Waals surface area contributed by atoms with Gasteiger partial charge in [0.25, 0.3) is 0 Å². The van der Waals surface area contributed by atoms with Crippen molar-refractivity contribution in [1.29, 1.82) is 0 Å². The van der Waals surface area contributed by atoms with E-state index in [2.05, 4.69) is 15.3 Å². The van der Waals surface area contributed by atoms with E-state index in [1.807, 2.05) is 0 Å². The van der Waals surface area contributed by atoms with Gasteiger partial charge in [0.2, 0.25) is 0 Å². The SMILES string of the molecule is Cc1c(NCC2CCC[C@H](c3cccc(C(F)(F)F)c3)O2)ncnc1C(=O)O. The highest BCUT2D eigenvalue weighted by atomic mass is 19.4. The molecule has 0 bridgehead atoms. The number of anilines is 1. The monoisotopic (exact) mass is 395 g/mol. The summed E-state index contributed by atoms with van der Waals surface area (Å²) in [6.07, 6.45) is -1.65. The molecule has 1 fully saturated rings. The maximum absolute atomic E-state index is 12.9. The Morgan fingerprint density at radius 2 is 2.11 bits per heavy atom. The van der Waals surface area contributed by atoms with Crippen molar-refractivity contribution in [2.75, 3.05) is 11.9 Å². The van der Waals surface area contributed by atoms with Crippen LogP contribution in [0.2, 0.25) is 0 Å². The highest BCUT2D eigenvalue weighted by Crippen LogP contribution is 2.35. The van der Waals surface area contributed by atoms with E-state index in [1.54, 1.807) is 13.0 Å². The Labute approximate surface area is 159 Å². The van der Waals surface area contributed by atoms with Gasteiger partial charge in [-0.1, -0.05) is 12.1 Å². The van der Waals surface area contributed by atoms with Crippen LogP contribution in [0, 0.1) is 6.92 Å². The van der Waals surface area contributed by atoms with Crippen molar-refractivity contribution in [3.05, 3.63) is 53.0 Å². The molecule has 1 aliphatic heterocycles. The number of alkyl halides is 3. The number of carbonyl (C=O) groups is 1. The second-order valence-corrected chi connectivity index (χ2v) is 6.68. The van der Waals surface area contributed by atoms with Crippen molar-refractivity contribution in [1.82, 2.24) is 9.97 Å². The molecule has 150 valence electrons. The molecule has 0 radical (unpaired) electrons. The maximum Gasteiger partial charge on any atom is 0.416 e. The normalized spacial score (nSPS) is 20.0. The second-order valence-electron chi connectivity index (χ2n) is 6.68. The molecule has 0 spiro atoms. The van der Waals surface area contributed by atoms with Gasteiger partial charge in [-0.2, -0.15) is 13.2 Å². The Morgan fingerprint density at radius 1 is 1.32 bits per heavy atom. The summed E-state index contributed by atoms with van der Waals surface area (Å²) in [6.45, 7) is 1.98. The predicted molar refractivity (Wildman–Crippen MR) is 95.1 cm³/mol. The molecule has 1 aliphatic rings. The smallest absolute Gasteiger partial charge is 0.416 e. The van der Waals surface area contributed by atoms with E-state index in [4.69, 9.17) is 9.84 Å². The summed E-state index contributed by atoms with van der Waals surface area (Å²) in [5.41, 5.74) is 0.154. The van der Waals surface area contributed by atoms with Gasteiger partial charge in [-0.3, -0.25) is 0 Å². The van der Waals surface area contributed by atoms with E-state index in [1.165, 1.54) is 12.4 Å². The highest BCUT2D eigenvalue weighted by Gasteiger charge is 2.32. The van der Waals surface area contributed by atoms with E-state index in [9.17, 15) is 18.0 Å². The van der Waals surface area contributed by atoms with Crippen LogP contribution >= 0.6 is 0 Å². The molecule has 1 unspecified atom stereocenters. The highest BCUT2D eigenvalue weighted by molar-refractivity contribution is 5.88. The van der Waals surface area contributed by atoms with E-state index < -0.39 is 23.8 Å². The van der Waals surface area contributed by atoms with Gasteiger partial charge < -0.3 is 15.2 Å². The first-order valence-corrected chi connectivity index (χ1v) is 8.87. The van der Waals surface area contributed by atoms with Crippen LogP contribution in [0.15, 0.2) is 30.6 Å². The minimum absolute atomic E-state index is 0.0797. The number of ether oxygens (including phenoxy) is 1. The summed E-state index contributed by atoms with van der Waals surface area (Å²) in [5.74, 6) is -0.737. The van der Waals surface area contributed by atoms with Crippen molar-refractivity contribution in [2.45, 2.75) is 44.6 Å². The lowest BCUT2D eigenvalue weighted by Crippen LogP contribution is -2.29. The average molecular weight is 395 g/mol. The molecule has 2 N–H and O–H groups in total. The molecule has 2 aromatic rings. The largest absolute Gasteiger partial charge is 0.476 e. The van der Waals surface area contributed by atoms with Crippen molar-refractivity contribution in [3.63, 3.8) is 0 Å². The number of hydrogen-bond acceptors (Lipinski definition) is 5. The van der Waals surface area contributed by atoms with Gasteiger partial charge in [0, 0.05) is 12.1 Å². The van der Waals surface area contributed by atoms with Gasteiger partial charge in [-0.15, -0.1) is 0 Å². The number of nitrogens with one attached hydrogen (secondary N) is 1. The molecule has 1 aromatic carbocycles. The van der Waals surface area contributed by atoms with Crippen molar-refractivity contribution in [2.24, 2.45) is 0 Å². The minimum atomic E-state index is -4.39. The Kier molecular flexibility index (Phi) is 5.83. The lowest BCUT2D eigenvalue weighted by molar-refractivity contribution is -0.137. The Bertz CT molecular complexity index is 858. The third-order valence-corrected chi connectivity index (χ3v) is 4.72. The summed E-state index contributed by atoms with van der Waals surface area (Å²) in [7, 11) is 0. The first-order chi connectivity index (χ1) is 13.3. The Morgan fingerprint density at radius 3 is 2.82 bits per heavy atom. The fraction of sp³-hybridized carbons (Fsp3) is 0.421. The lowest BCUT2D eigenvalue weighted by Gasteiger charge is -2.31. The average Bonchev–Trinajstić information content (AvgIpc) is 2.66. The van der Waals surface area contributed by atoms with E-state index >= 15 is 0 Å². The third kappa shape index (κ3) is 4.59. The van der Waals surface area contributed by atoms with Crippen LogP contribution in [-0.4, -0.2) is 33.7 Å². The lowest BCUT2D eigenvalue weighted by atomic mass is 9.97. The summed E-state index contributed by atoms with van der Waals surface area (Å²) in [4.78, 5) is 18.9. The molecule has 1 saturated heterocycles. The van der Waals surface area contributed by atoms with Gasteiger partial charge in [-0.05, 0) is 43.9 Å². The Balaban J connectivity index is 1.66. The van der Waals surface area contributed by atoms with Gasteiger partial charge in [0.05, 0.1) is 17.8 Å². The quantitative estimate of drug-likeness (QED) is 0.789. The first kappa shape index (κ1) is 20.1. The molecule has 6 nitrogen and oxygen atoms in total. The number of aromatic carboxylic acids is 1. The zero-order valence-electron chi connectivity index (χ0n) is 15.2. The molecule has 0 aliphatic carbocycles. The molecule has 0 amide bonds. The van der Waals surface area contributed by atoms with Crippen molar-refractivity contribution >= 4 is 11.8 Å². The summed E-state index contributed by atoms with van der Waals surface area (Å²) >= 11 is 0. The van der Waals surface area contributed by atoms with Gasteiger partial charge in [-0.25, -0.2) is 14.8 Å². The van der Waals surface area contributed by atoms with Crippen LogP contribution in [0.3, 0.4) is 0 Å². The molecular weight excluding hydrogens is 375 g/mol. The first-order valence-electron chi connectivity index (χ1n) is 8.87. The fourth-order valence-corrected chi connectivity index (χ4v) is 3.26. The van der Waals surface area contributed by atoms with Crippen LogP contribution < -0.4 is 5.32 Å². The number of rotatable bonds is 5. The van der Waals surface area contributed by atoms with E-state index in [0.29, 0.717) is 29.9 Å². The molecule has 28 heavy (non-hydrogen) atoms. The van der Waals surface area contributed by atoms with Crippen molar-refractivity contribution < 1.29 is 27.8 Å². The van der Waals surface area contributed by atoms with Crippen LogP contribution in [0.25, 0.3) is 0 Å². The molecule has 2 atom stereocenters. The predicted octanol–water partition coefficient (Wildman–Crippen LogP) is 4.22. The van der Waals surface area contributed by atoms with Crippen LogP contribution in [0.4, 0.5) is 19.0 Å². The van der Waals surface area contributed by atoms with E-state index in [-0.39, 0.29) is 11.8 Å². The minimum Gasteiger partial charge on any atom is -0.476 e. The number of benzene rings is 1. The third-order valence-electron chi connectivity index (χ3n) is 4.72. The zero-order valence-corrected chi connectivity index (χ0v) is 15.2. The second kappa shape index (κ2) is 8.14.